The van der Waals surface area contributed by atoms with Crippen LogP contribution in [0.5, 0.6) is 0 Å². The number of hydrogen-bond acceptors (Lipinski definition) is 2. The third kappa shape index (κ3) is 5.43. The topological polar surface area (TPSA) is 36.1 Å². The zero-order valence-corrected chi connectivity index (χ0v) is 33.2. The highest BCUT2D eigenvalue weighted by molar-refractivity contribution is 9.10. The molecule has 5 heteroatoms. The molecule has 0 unspecified atom stereocenters. The number of furan rings is 2. The first-order valence-corrected chi connectivity index (χ1v) is 20.6. The van der Waals surface area contributed by atoms with E-state index in [0.717, 1.165) is 48.7 Å². The van der Waals surface area contributed by atoms with E-state index in [4.69, 9.17) is 8.83 Å². The first kappa shape index (κ1) is 33.8. The van der Waals surface area contributed by atoms with Crippen molar-refractivity contribution in [2.75, 3.05) is 0 Å². The van der Waals surface area contributed by atoms with Gasteiger partial charge in [0.2, 0.25) is 0 Å². The van der Waals surface area contributed by atoms with Crippen LogP contribution in [0.3, 0.4) is 0 Å². The number of benzene rings is 9. The summed E-state index contributed by atoms with van der Waals surface area (Å²) < 4.78 is 17.7. The van der Waals surface area contributed by atoms with E-state index in [0.29, 0.717) is 0 Å². The zero-order valence-electron chi connectivity index (χ0n) is 31.6. The van der Waals surface area contributed by atoms with Crippen molar-refractivity contribution >= 4 is 103 Å². The molecule has 0 bridgehead atoms. The van der Waals surface area contributed by atoms with Crippen molar-refractivity contribution in [1.82, 2.24) is 9.13 Å². The average molecular weight is 822 g/mol. The van der Waals surface area contributed by atoms with Crippen molar-refractivity contribution in [3.05, 3.63) is 205 Å². The van der Waals surface area contributed by atoms with Gasteiger partial charge in [0.05, 0.1) is 22.1 Å². The summed E-state index contributed by atoms with van der Waals surface area (Å²) in [6.07, 6.45) is 0. The van der Waals surface area contributed by atoms with E-state index >= 15 is 0 Å². The van der Waals surface area contributed by atoms with Crippen molar-refractivity contribution in [3.63, 3.8) is 0 Å². The van der Waals surface area contributed by atoms with Crippen LogP contribution in [0.2, 0.25) is 0 Å². The fourth-order valence-electron chi connectivity index (χ4n) is 8.99. The smallest absolute Gasteiger partial charge is 0.135 e. The van der Waals surface area contributed by atoms with Crippen molar-refractivity contribution in [1.29, 1.82) is 0 Å². The lowest BCUT2D eigenvalue weighted by Crippen LogP contribution is -1.93. The van der Waals surface area contributed by atoms with Gasteiger partial charge in [-0.05, 0) is 108 Å². The third-order valence-electron chi connectivity index (χ3n) is 11.7. The fraction of sp³-hybridized carbons (Fsp3) is 0. The molecule has 0 spiro atoms. The predicted molar refractivity (Wildman–Crippen MR) is 249 cm³/mol. The van der Waals surface area contributed by atoms with Gasteiger partial charge < -0.3 is 18.0 Å². The Kier molecular flexibility index (Phi) is 7.65. The Morgan fingerprint density at radius 2 is 0.729 bits per heavy atom. The molecule has 0 aliphatic rings. The minimum Gasteiger partial charge on any atom is -0.456 e. The normalized spacial score (nSPS) is 11.8. The molecule has 9 aromatic carbocycles. The molecule has 0 saturated carbocycles. The molecular formula is C54H33BrN2O2. The van der Waals surface area contributed by atoms with Crippen LogP contribution in [0.4, 0.5) is 0 Å². The molecule has 0 aliphatic heterocycles. The Morgan fingerprint density at radius 3 is 1.32 bits per heavy atom. The van der Waals surface area contributed by atoms with Gasteiger partial charge in [-0.1, -0.05) is 119 Å². The molecule has 4 heterocycles. The summed E-state index contributed by atoms with van der Waals surface area (Å²) >= 11 is 3.46. The van der Waals surface area contributed by atoms with Crippen LogP contribution in [-0.2, 0) is 0 Å². The number of nitrogens with zero attached hydrogens (tertiary/aromatic N) is 2. The van der Waals surface area contributed by atoms with E-state index in [1.165, 1.54) is 65.8 Å². The fourth-order valence-corrected chi connectivity index (χ4v) is 9.35. The molecule has 59 heavy (non-hydrogen) atoms. The highest BCUT2D eigenvalue weighted by atomic mass is 79.9. The molecule has 0 amide bonds. The van der Waals surface area contributed by atoms with Gasteiger partial charge >= 0.3 is 0 Å². The van der Waals surface area contributed by atoms with Crippen molar-refractivity contribution < 1.29 is 8.83 Å². The summed E-state index contributed by atoms with van der Waals surface area (Å²) in [7, 11) is 0. The van der Waals surface area contributed by atoms with E-state index in [1.807, 2.05) is 42.5 Å². The molecule has 4 nitrogen and oxygen atoms in total. The number of fused-ring (bicyclic) bond motifs is 12. The van der Waals surface area contributed by atoms with Crippen LogP contribution in [0, 0.1) is 0 Å². The summed E-state index contributed by atoms with van der Waals surface area (Å²) in [5, 5.41) is 9.61. The lowest BCUT2D eigenvalue weighted by atomic mass is 10.0. The van der Waals surface area contributed by atoms with Crippen LogP contribution in [0.15, 0.2) is 213 Å². The van der Waals surface area contributed by atoms with E-state index < -0.39 is 0 Å². The van der Waals surface area contributed by atoms with Crippen molar-refractivity contribution in [2.45, 2.75) is 0 Å². The van der Waals surface area contributed by atoms with Gasteiger partial charge in [0.15, 0.2) is 0 Å². The number of hydrogen-bond donors (Lipinski definition) is 0. The molecule has 0 radical (unpaired) electrons. The number of para-hydroxylation sites is 5. The van der Waals surface area contributed by atoms with E-state index in [-0.39, 0.29) is 0 Å². The minimum atomic E-state index is 0.909. The van der Waals surface area contributed by atoms with E-state index in [2.05, 4.69) is 183 Å². The monoisotopic (exact) mass is 820 g/mol. The third-order valence-corrected chi connectivity index (χ3v) is 12.1. The Balaban J connectivity index is 0.000000227. The van der Waals surface area contributed by atoms with Crippen LogP contribution in [0.1, 0.15) is 0 Å². The molecule has 0 aliphatic carbocycles. The molecule has 13 rings (SSSR count). The van der Waals surface area contributed by atoms with Crippen LogP contribution in [-0.4, -0.2) is 9.13 Å². The molecule has 0 fully saturated rings. The molecule has 0 saturated heterocycles. The minimum absolute atomic E-state index is 0.909. The molecule has 0 atom stereocenters. The van der Waals surface area contributed by atoms with Crippen molar-refractivity contribution in [2.24, 2.45) is 0 Å². The highest BCUT2D eigenvalue weighted by Crippen LogP contribution is 2.39. The quantitative estimate of drug-likeness (QED) is 0.178. The number of halogens is 1. The first-order chi connectivity index (χ1) is 29.2. The Morgan fingerprint density at radius 1 is 0.288 bits per heavy atom. The zero-order chi connectivity index (χ0) is 39.0. The van der Waals surface area contributed by atoms with Crippen LogP contribution < -0.4 is 0 Å². The number of aromatic nitrogens is 2. The maximum Gasteiger partial charge on any atom is 0.135 e. The van der Waals surface area contributed by atoms with Crippen molar-refractivity contribution in [3.8, 4) is 22.5 Å². The lowest BCUT2D eigenvalue weighted by Gasteiger charge is -2.09. The Bertz CT molecular complexity index is 3750. The van der Waals surface area contributed by atoms with Crippen LogP contribution in [0.25, 0.3) is 110 Å². The summed E-state index contributed by atoms with van der Waals surface area (Å²) in [4.78, 5) is 0. The molecule has 0 N–H and O–H groups in total. The Hall–Kier alpha value is -7.34. The van der Waals surface area contributed by atoms with Gasteiger partial charge in [-0.2, -0.15) is 0 Å². The maximum absolute atomic E-state index is 6.14. The predicted octanol–water partition coefficient (Wildman–Crippen LogP) is 15.8. The SMILES string of the molecule is Brc1ccc2oc3ccccc3c2c1.c1ccc(-n2c3ccccc3c3cc(-c4ccc5c(c4)c4ccccc4n5-c4ccc5oc6ccccc6c5c4)ccc32)cc1. The molecule has 13 aromatic rings. The van der Waals surface area contributed by atoms with E-state index in [1.54, 1.807) is 0 Å². The summed E-state index contributed by atoms with van der Waals surface area (Å²) in [5.74, 6) is 0. The van der Waals surface area contributed by atoms with E-state index in [9.17, 15) is 0 Å². The first-order valence-electron chi connectivity index (χ1n) is 19.8. The van der Waals surface area contributed by atoms with Gasteiger partial charge in [-0.25, -0.2) is 0 Å². The van der Waals surface area contributed by atoms with Gasteiger partial charge in [-0.15, -0.1) is 0 Å². The number of rotatable bonds is 3. The largest absolute Gasteiger partial charge is 0.456 e. The van der Waals surface area contributed by atoms with Crippen LogP contribution >= 0.6 is 15.9 Å². The highest BCUT2D eigenvalue weighted by Gasteiger charge is 2.17. The van der Waals surface area contributed by atoms with Gasteiger partial charge in [-0.3, -0.25) is 0 Å². The summed E-state index contributed by atoms with van der Waals surface area (Å²) in [6.45, 7) is 0. The molecule has 278 valence electrons. The summed E-state index contributed by atoms with van der Waals surface area (Å²) in [6, 6.07) is 70.8. The second-order valence-electron chi connectivity index (χ2n) is 15.0. The standard InChI is InChI=1S/C42H26N2O.C12H7BrO/c1-2-10-29(11-3-1)43-37-15-7-4-12-31(37)34-24-27(18-21-39(34)43)28-19-22-40-35(25-28)32-13-5-8-16-38(32)44(40)30-20-23-42-36(26-30)33-14-6-9-17-41(33)45-42;13-8-5-6-12-10(7-8)9-3-1-2-4-11(9)14-12/h1-26H;1-7H. The summed E-state index contributed by atoms with van der Waals surface area (Å²) in [5.41, 5.74) is 13.2. The Labute approximate surface area is 346 Å². The molecular weight excluding hydrogens is 789 g/mol. The second kappa shape index (κ2) is 13.4. The molecule has 4 aromatic heterocycles. The second-order valence-corrected chi connectivity index (χ2v) is 15.9. The average Bonchev–Trinajstić information content (AvgIpc) is 4.04. The van der Waals surface area contributed by atoms with Gasteiger partial charge in [0.25, 0.3) is 0 Å². The maximum atomic E-state index is 6.14. The lowest BCUT2D eigenvalue weighted by molar-refractivity contribution is 0.668. The van der Waals surface area contributed by atoms with Gasteiger partial charge in [0.1, 0.15) is 22.3 Å². The van der Waals surface area contributed by atoms with Gasteiger partial charge in [0, 0.05) is 58.9 Å².